The Kier molecular flexibility index (Phi) is 3.31. The third-order valence-electron chi connectivity index (χ3n) is 1.64. The van der Waals surface area contributed by atoms with E-state index in [-0.39, 0.29) is 10.5 Å². The van der Waals surface area contributed by atoms with Crippen LogP contribution in [0.2, 0.25) is 0 Å². The van der Waals surface area contributed by atoms with Crippen molar-refractivity contribution in [3.05, 3.63) is 11.1 Å². The predicted molar refractivity (Wildman–Crippen MR) is 57.9 cm³/mol. The molecule has 0 aromatic heterocycles. The van der Waals surface area contributed by atoms with Crippen molar-refractivity contribution in [1.82, 2.24) is 0 Å². The minimum atomic E-state index is -0.279. The predicted octanol–water partition coefficient (Wildman–Crippen LogP) is 3.00. The molecule has 0 bridgehead atoms. The maximum Gasteiger partial charge on any atom is 0.200 e. The van der Waals surface area contributed by atoms with Gasteiger partial charge < -0.3 is 0 Å². The molecule has 0 amide bonds. The summed E-state index contributed by atoms with van der Waals surface area (Å²) < 4.78 is 0. The molecule has 0 fully saturated rings. The smallest absolute Gasteiger partial charge is 0.200 e. The Bertz CT molecular complexity index is 261. The third-order valence-corrected chi connectivity index (χ3v) is 2.92. The maximum atomic E-state index is 11.6. The lowest BCUT2D eigenvalue weighted by Crippen LogP contribution is -2.16. The van der Waals surface area contributed by atoms with Gasteiger partial charge in [0.25, 0.3) is 0 Å². The molecule has 2 nitrogen and oxygen atoms in total. The second kappa shape index (κ2) is 4.09. The van der Waals surface area contributed by atoms with E-state index in [1.807, 2.05) is 33.1 Å². The number of carbonyl (C=O) groups excluding carboxylic acids is 1. The lowest BCUT2D eigenvalue weighted by molar-refractivity contribution is -0.117. The average Bonchev–Trinajstić information content (AvgIpc) is 2.04. The first-order valence-electron chi connectivity index (χ1n) is 4.45. The summed E-state index contributed by atoms with van der Waals surface area (Å²) in [5.41, 5.74) is -0.279. The Hall–Kier alpha value is -0.570. The Labute approximate surface area is 83.5 Å². The van der Waals surface area contributed by atoms with Gasteiger partial charge >= 0.3 is 0 Å². The fraction of sp³-hybridized carbons (Fsp3) is 0.600. The van der Waals surface area contributed by atoms with Gasteiger partial charge in [-0.15, -0.1) is 0 Å². The average molecular weight is 197 g/mol. The van der Waals surface area contributed by atoms with E-state index in [0.29, 0.717) is 0 Å². The van der Waals surface area contributed by atoms with Gasteiger partial charge in [-0.3, -0.25) is 9.79 Å². The molecular formula is C10H15NOS. The zero-order valence-corrected chi connectivity index (χ0v) is 9.15. The minimum Gasteiger partial charge on any atom is -0.286 e. The number of hydrogen-bond donors (Lipinski definition) is 0. The molecule has 0 aliphatic carbocycles. The number of thioether (sulfide) groups is 1. The van der Waals surface area contributed by atoms with Gasteiger partial charge in [0.1, 0.15) is 0 Å². The Morgan fingerprint density at radius 3 is 2.62 bits per heavy atom. The van der Waals surface area contributed by atoms with Gasteiger partial charge in [0.15, 0.2) is 5.12 Å². The monoisotopic (exact) mass is 197 g/mol. The van der Waals surface area contributed by atoms with Crippen LogP contribution in [0, 0.1) is 5.41 Å². The molecule has 1 rings (SSSR count). The Morgan fingerprint density at radius 1 is 1.46 bits per heavy atom. The first-order chi connectivity index (χ1) is 6.00. The van der Waals surface area contributed by atoms with E-state index in [1.54, 1.807) is 0 Å². The largest absolute Gasteiger partial charge is 0.286 e. The van der Waals surface area contributed by atoms with E-state index in [4.69, 9.17) is 0 Å². The first-order valence-corrected chi connectivity index (χ1v) is 5.27. The van der Waals surface area contributed by atoms with Crippen LogP contribution in [0.25, 0.3) is 0 Å². The Balaban J connectivity index is 2.54. The van der Waals surface area contributed by atoms with E-state index >= 15 is 0 Å². The van der Waals surface area contributed by atoms with Gasteiger partial charge in [0.2, 0.25) is 0 Å². The standard InChI is InChI=1S/C10H15NOS/c1-10(2,3)9(12)13-8-6-4-5-7-11-8/h6-7H,4-5H2,1-3H3. The maximum absolute atomic E-state index is 11.6. The molecule has 3 heteroatoms. The van der Waals surface area contributed by atoms with Crippen LogP contribution in [0.4, 0.5) is 0 Å². The van der Waals surface area contributed by atoms with Crippen molar-refractivity contribution < 1.29 is 4.79 Å². The highest BCUT2D eigenvalue weighted by atomic mass is 32.2. The van der Waals surface area contributed by atoms with Gasteiger partial charge in [-0.1, -0.05) is 26.8 Å². The fourth-order valence-electron chi connectivity index (χ4n) is 0.805. The van der Waals surface area contributed by atoms with Crippen LogP contribution < -0.4 is 0 Å². The second-order valence-corrected chi connectivity index (χ2v) is 5.06. The zero-order chi connectivity index (χ0) is 9.90. The molecule has 0 spiro atoms. The molecule has 72 valence electrons. The summed E-state index contributed by atoms with van der Waals surface area (Å²) in [6.45, 7) is 5.78. The number of aliphatic imine (C=N–C) groups is 1. The van der Waals surface area contributed by atoms with Crippen LogP contribution >= 0.6 is 11.8 Å². The molecule has 1 heterocycles. The van der Waals surface area contributed by atoms with Crippen LogP contribution in [0.1, 0.15) is 33.6 Å². The van der Waals surface area contributed by atoms with E-state index < -0.39 is 0 Å². The highest BCUT2D eigenvalue weighted by Gasteiger charge is 2.23. The normalized spacial score (nSPS) is 17.0. The van der Waals surface area contributed by atoms with Crippen molar-refractivity contribution in [3.8, 4) is 0 Å². The van der Waals surface area contributed by atoms with Gasteiger partial charge in [0.05, 0.1) is 5.03 Å². The molecule has 0 unspecified atom stereocenters. The van der Waals surface area contributed by atoms with Crippen molar-refractivity contribution in [2.24, 2.45) is 10.4 Å². The number of nitrogens with zero attached hydrogens (tertiary/aromatic N) is 1. The summed E-state index contributed by atoms with van der Waals surface area (Å²) in [5, 5.41) is 1.03. The molecule has 0 aromatic rings. The van der Waals surface area contributed by atoms with Gasteiger partial charge in [-0.05, 0) is 24.6 Å². The number of carbonyl (C=O) groups is 1. The molecule has 13 heavy (non-hydrogen) atoms. The SMILES string of the molecule is CC(C)(C)C(=O)SC1=CCCC=N1. The van der Waals surface area contributed by atoms with Gasteiger partial charge in [-0.2, -0.15) is 0 Å². The highest BCUT2D eigenvalue weighted by Crippen LogP contribution is 2.30. The fourth-order valence-corrected chi connectivity index (χ4v) is 1.63. The zero-order valence-electron chi connectivity index (χ0n) is 8.33. The lowest BCUT2D eigenvalue weighted by atomic mass is 10.00. The number of allylic oxidation sites excluding steroid dienone is 1. The number of hydrogen-bond acceptors (Lipinski definition) is 3. The van der Waals surface area contributed by atoms with Crippen LogP contribution in [0.5, 0.6) is 0 Å². The Morgan fingerprint density at radius 2 is 2.15 bits per heavy atom. The molecule has 0 radical (unpaired) electrons. The van der Waals surface area contributed by atoms with E-state index in [9.17, 15) is 4.79 Å². The third kappa shape index (κ3) is 3.35. The molecule has 0 aromatic carbocycles. The van der Waals surface area contributed by atoms with Crippen molar-refractivity contribution in [3.63, 3.8) is 0 Å². The van der Waals surface area contributed by atoms with Crippen LogP contribution in [0.15, 0.2) is 16.1 Å². The lowest BCUT2D eigenvalue weighted by Gasteiger charge is -2.16. The van der Waals surface area contributed by atoms with Crippen molar-refractivity contribution in [1.29, 1.82) is 0 Å². The summed E-state index contributed by atoms with van der Waals surface area (Å²) in [4.78, 5) is 15.7. The van der Waals surface area contributed by atoms with Gasteiger partial charge in [0, 0.05) is 11.6 Å². The van der Waals surface area contributed by atoms with Crippen molar-refractivity contribution >= 4 is 23.1 Å². The van der Waals surface area contributed by atoms with E-state index in [0.717, 1.165) is 17.9 Å². The van der Waals surface area contributed by atoms with Crippen LogP contribution in [0.3, 0.4) is 0 Å². The van der Waals surface area contributed by atoms with Crippen LogP contribution in [-0.2, 0) is 4.79 Å². The molecule has 0 N–H and O–H groups in total. The summed E-state index contributed by atoms with van der Waals surface area (Å²) in [6, 6.07) is 0. The van der Waals surface area contributed by atoms with Crippen LogP contribution in [-0.4, -0.2) is 11.3 Å². The summed E-state index contributed by atoms with van der Waals surface area (Å²) in [5.74, 6) is 0. The summed E-state index contributed by atoms with van der Waals surface area (Å²) >= 11 is 1.25. The van der Waals surface area contributed by atoms with Gasteiger partial charge in [-0.25, -0.2) is 0 Å². The van der Waals surface area contributed by atoms with E-state index in [1.165, 1.54) is 11.8 Å². The molecule has 1 aliphatic rings. The summed E-state index contributed by atoms with van der Waals surface area (Å²) in [6.07, 6.45) is 5.89. The molecule has 0 atom stereocenters. The minimum absolute atomic E-state index is 0.179. The number of rotatable bonds is 1. The first kappa shape index (κ1) is 10.5. The quantitative estimate of drug-likeness (QED) is 0.646. The molecule has 0 saturated carbocycles. The van der Waals surface area contributed by atoms with Crippen molar-refractivity contribution in [2.45, 2.75) is 33.6 Å². The summed E-state index contributed by atoms with van der Waals surface area (Å²) in [7, 11) is 0. The molecular weight excluding hydrogens is 182 g/mol. The molecule has 0 saturated heterocycles. The topological polar surface area (TPSA) is 29.4 Å². The highest BCUT2D eigenvalue weighted by molar-refractivity contribution is 8.17. The van der Waals surface area contributed by atoms with E-state index in [2.05, 4.69) is 4.99 Å². The second-order valence-electron chi connectivity index (χ2n) is 4.07. The molecule has 1 aliphatic heterocycles. The van der Waals surface area contributed by atoms with Crippen molar-refractivity contribution in [2.75, 3.05) is 0 Å².